The number of ether oxygens (including phenoxy) is 2. The number of nitrogens with zero attached hydrogens (tertiary/aromatic N) is 2. The summed E-state index contributed by atoms with van der Waals surface area (Å²) in [5.41, 5.74) is 16.7. The largest absolute Gasteiger partial charge is 0.488 e. The van der Waals surface area contributed by atoms with Crippen molar-refractivity contribution in [3.8, 4) is 11.5 Å². The molecule has 6 heteroatoms. The van der Waals surface area contributed by atoms with Crippen LogP contribution in [-0.2, 0) is 29.5 Å². The highest BCUT2D eigenvalue weighted by atomic mass is 31.1. The maximum absolute atomic E-state index is 6.75. The van der Waals surface area contributed by atoms with Crippen LogP contribution in [0.1, 0.15) is 129 Å². The second kappa shape index (κ2) is 24.9. The van der Waals surface area contributed by atoms with Gasteiger partial charge in [-0.3, -0.25) is 9.98 Å². The van der Waals surface area contributed by atoms with Crippen LogP contribution in [0.2, 0.25) is 0 Å². The highest BCUT2D eigenvalue weighted by Crippen LogP contribution is 2.39. The van der Waals surface area contributed by atoms with E-state index in [-0.39, 0.29) is 16.2 Å². The molecule has 0 fully saturated rings. The van der Waals surface area contributed by atoms with Crippen molar-refractivity contribution in [2.75, 3.05) is 14.1 Å². The Morgan fingerprint density at radius 1 is 0.400 bits per heavy atom. The van der Waals surface area contributed by atoms with E-state index < -0.39 is 0 Å². The Labute approximate surface area is 453 Å². The van der Waals surface area contributed by atoms with E-state index >= 15 is 0 Å². The number of rotatable bonds is 14. The molecule has 0 aliphatic rings. The zero-order valence-corrected chi connectivity index (χ0v) is 48.9. The molecule has 0 saturated heterocycles. The van der Waals surface area contributed by atoms with Gasteiger partial charge in [-0.05, 0) is 98.7 Å². The van der Waals surface area contributed by atoms with Gasteiger partial charge in [0.2, 0.25) is 0 Å². The van der Waals surface area contributed by atoms with Gasteiger partial charge in [-0.25, -0.2) is 0 Å². The second-order valence-electron chi connectivity index (χ2n) is 22.5. The Bertz CT molecular complexity index is 3230. The summed E-state index contributed by atoms with van der Waals surface area (Å²) in [5.74, 6) is 2.01. The molecule has 0 N–H and O–H groups in total. The SMILES string of the molecule is CN=C(c1ccccc1)c1cccc(C)c1Pc1cc(C(C)(C)C)cc(C(C)(C)C)c1OCc1ccccc1.CN=C(c1ccccc1)c1cccc(C)c1Pc1cc(C(C)(C)C)cc(C)c1OCc1ccccc1. The van der Waals surface area contributed by atoms with Gasteiger partial charge in [-0.15, -0.1) is 0 Å². The molecule has 8 aromatic carbocycles. The number of benzene rings is 8. The Morgan fingerprint density at radius 2 is 0.773 bits per heavy atom. The molecule has 0 aromatic heterocycles. The van der Waals surface area contributed by atoms with E-state index in [1.165, 1.54) is 76.9 Å². The van der Waals surface area contributed by atoms with Gasteiger partial charge in [-0.1, -0.05) is 249 Å². The van der Waals surface area contributed by atoms with Crippen molar-refractivity contribution < 1.29 is 9.47 Å². The molecule has 75 heavy (non-hydrogen) atoms. The van der Waals surface area contributed by atoms with Crippen LogP contribution in [-0.4, -0.2) is 25.5 Å². The van der Waals surface area contributed by atoms with Crippen molar-refractivity contribution in [3.05, 3.63) is 249 Å². The molecule has 8 aromatic rings. The number of aliphatic imine (C=N–C) groups is 2. The Balaban J connectivity index is 0.000000219. The van der Waals surface area contributed by atoms with E-state index in [9.17, 15) is 0 Å². The summed E-state index contributed by atoms with van der Waals surface area (Å²) in [7, 11) is 4.65. The molecule has 8 rings (SSSR count). The van der Waals surface area contributed by atoms with Crippen LogP contribution in [0, 0.1) is 20.8 Å². The fraction of sp³-hybridized carbons (Fsp3) is 0.275. The summed E-state index contributed by atoms with van der Waals surface area (Å²) in [6.45, 7) is 28.2. The lowest BCUT2D eigenvalue weighted by Crippen LogP contribution is -2.24. The molecule has 0 aliphatic carbocycles. The first kappa shape index (κ1) is 56.3. The lowest BCUT2D eigenvalue weighted by Gasteiger charge is -2.30. The summed E-state index contributed by atoms with van der Waals surface area (Å²) in [4.78, 5) is 9.51. The molecule has 0 saturated carbocycles. The first-order valence-corrected chi connectivity index (χ1v) is 28.2. The zero-order chi connectivity index (χ0) is 53.9. The van der Waals surface area contributed by atoms with Crippen molar-refractivity contribution in [3.63, 3.8) is 0 Å². The van der Waals surface area contributed by atoms with E-state index in [0.717, 1.165) is 34.0 Å². The maximum atomic E-state index is 6.75. The van der Waals surface area contributed by atoms with E-state index in [1.807, 2.05) is 32.3 Å². The zero-order valence-electron chi connectivity index (χ0n) is 46.9. The standard InChI is InChI=1S/C36H42NOP.C33H36NOP/c1-25-16-15-21-29(32(37-8)27-19-13-10-14-20-27)34(25)39-31-23-28(35(2,3)4)22-30(36(5,6)7)33(31)38-24-26-17-11-9-12-18-26;1-23-14-13-19-28(30(34-6)26-17-11-8-12-18-26)32(23)36-29-21-27(33(3,4)5)20-24(2)31(29)35-22-25-15-9-7-10-16-25/h9-23,39H,24H2,1-8H3;7-21,36H,22H2,1-6H3. The molecule has 2 unspecified atom stereocenters. The van der Waals surface area contributed by atoms with Gasteiger partial charge in [0.1, 0.15) is 24.7 Å². The second-order valence-corrected chi connectivity index (χ2v) is 25.1. The van der Waals surface area contributed by atoms with Crippen LogP contribution in [0.5, 0.6) is 11.5 Å². The lowest BCUT2D eigenvalue weighted by molar-refractivity contribution is 0.300. The van der Waals surface area contributed by atoms with Crippen LogP contribution < -0.4 is 30.7 Å². The first-order valence-electron chi connectivity index (χ1n) is 26.2. The molecule has 0 amide bonds. The van der Waals surface area contributed by atoms with Crippen LogP contribution >= 0.6 is 17.2 Å². The fourth-order valence-electron chi connectivity index (χ4n) is 9.15. The molecule has 0 radical (unpaired) electrons. The predicted octanol–water partition coefficient (Wildman–Crippen LogP) is 15.5. The number of aryl methyl sites for hydroxylation is 3. The molecule has 0 bridgehead atoms. The summed E-state index contributed by atoms with van der Waals surface area (Å²) in [6.07, 6.45) is 0. The summed E-state index contributed by atoms with van der Waals surface area (Å²) in [6, 6.07) is 64.3. The molecule has 386 valence electrons. The quantitative estimate of drug-likeness (QED) is 0.0805. The van der Waals surface area contributed by atoms with E-state index in [1.54, 1.807) is 0 Å². The van der Waals surface area contributed by atoms with Crippen molar-refractivity contribution >= 4 is 49.8 Å². The summed E-state index contributed by atoms with van der Waals surface area (Å²) < 4.78 is 13.3. The normalized spacial score (nSPS) is 12.6. The first-order chi connectivity index (χ1) is 35.8. The average Bonchev–Trinajstić information content (AvgIpc) is 3.38. The van der Waals surface area contributed by atoms with Gasteiger partial charge in [0.15, 0.2) is 0 Å². The van der Waals surface area contributed by atoms with Gasteiger partial charge in [0.25, 0.3) is 0 Å². The third-order valence-corrected chi connectivity index (χ3v) is 16.6. The molecule has 2 atom stereocenters. The number of hydrogen-bond acceptors (Lipinski definition) is 4. The topological polar surface area (TPSA) is 43.2 Å². The summed E-state index contributed by atoms with van der Waals surface area (Å²) >= 11 is 0. The minimum atomic E-state index is -0.0683. The third kappa shape index (κ3) is 14.5. The van der Waals surface area contributed by atoms with Crippen molar-refractivity contribution in [1.82, 2.24) is 0 Å². The monoisotopic (exact) mass is 1030 g/mol. The van der Waals surface area contributed by atoms with Crippen molar-refractivity contribution in [2.45, 2.75) is 113 Å². The highest BCUT2D eigenvalue weighted by Gasteiger charge is 2.28. The van der Waals surface area contributed by atoms with Crippen molar-refractivity contribution in [2.24, 2.45) is 9.98 Å². The molecule has 4 nitrogen and oxygen atoms in total. The summed E-state index contributed by atoms with van der Waals surface area (Å²) in [5, 5.41) is 5.13. The van der Waals surface area contributed by atoms with Crippen LogP contribution in [0.4, 0.5) is 0 Å². The van der Waals surface area contributed by atoms with Crippen molar-refractivity contribution in [1.29, 1.82) is 0 Å². The van der Waals surface area contributed by atoms with E-state index in [0.29, 0.717) is 30.4 Å². The fourth-order valence-corrected chi connectivity index (χ4v) is 12.1. The smallest absolute Gasteiger partial charge is 0.131 e. The van der Waals surface area contributed by atoms with E-state index in [2.05, 4.69) is 247 Å². The minimum Gasteiger partial charge on any atom is -0.488 e. The third-order valence-electron chi connectivity index (χ3n) is 13.5. The Morgan fingerprint density at radius 3 is 1.16 bits per heavy atom. The van der Waals surface area contributed by atoms with Gasteiger partial charge in [0, 0.05) is 52.5 Å². The number of hydrogen-bond donors (Lipinski definition) is 0. The molecular weight excluding hydrogens is 951 g/mol. The lowest BCUT2D eigenvalue weighted by atomic mass is 9.80. The molecule has 0 spiro atoms. The van der Waals surface area contributed by atoms with Gasteiger partial charge >= 0.3 is 0 Å². The predicted molar refractivity (Wildman–Crippen MR) is 329 cm³/mol. The van der Waals surface area contributed by atoms with Crippen LogP contribution in [0.3, 0.4) is 0 Å². The molecular formula is C69H78N2O2P2. The average molecular weight is 1030 g/mol. The Hall–Kier alpha value is -6.44. The van der Waals surface area contributed by atoms with E-state index in [4.69, 9.17) is 19.5 Å². The molecule has 0 aliphatic heterocycles. The van der Waals surface area contributed by atoms with Gasteiger partial charge in [0.05, 0.1) is 11.4 Å². The van der Waals surface area contributed by atoms with Gasteiger partial charge in [-0.2, -0.15) is 0 Å². The van der Waals surface area contributed by atoms with Crippen LogP contribution in [0.15, 0.2) is 192 Å². The molecule has 0 heterocycles. The Kier molecular flexibility index (Phi) is 18.7. The highest BCUT2D eigenvalue weighted by molar-refractivity contribution is 7.56. The maximum Gasteiger partial charge on any atom is 0.131 e. The van der Waals surface area contributed by atoms with Gasteiger partial charge < -0.3 is 9.47 Å². The minimum absolute atomic E-state index is 0.0197. The van der Waals surface area contributed by atoms with Crippen LogP contribution in [0.25, 0.3) is 0 Å².